The number of aromatic carboxylic acids is 1. The molecular weight excluding hydrogens is 388 g/mol. The number of thioether (sulfide) groups is 1. The molecule has 1 saturated heterocycles. The van der Waals surface area contributed by atoms with Crippen LogP contribution in [0.4, 0.5) is 4.79 Å². The van der Waals surface area contributed by atoms with Crippen LogP contribution in [-0.4, -0.2) is 38.2 Å². The zero-order valence-corrected chi connectivity index (χ0v) is 16.5. The molecule has 2 aromatic carbocycles. The van der Waals surface area contributed by atoms with Gasteiger partial charge in [-0.2, -0.15) is 0 Å². The number of hydrogen-bond acceptors (Lipinski definition) is 4. The van der Waals surface area contributed by atoms with Crippen molar-refractivity contribution in [3.63, 3.8) is 0 Å². The van der Waals surface area contributed by atoms with Crippen molar-refractivity contribution in [1.82, 2.24) is 9.47 Å². The van der Waals surface area contributed by atoms with E-state index in [0.29, 0.717) is 18.0 Å². The summed E-state index contributed by atoms with van der Waals surface area (Å²) in [7, 11) is 0. The topological polar surface area (TPSA) is 79.6 Å². The fourth-order valence-corrected chi connectivity index (χ4v) is 4.33. The van der Waals surface area contributed by atoms with E-state index in [1.165, 1.54) is 4.90 Å². The number of carbonyl (C=O) groups excluding carboxylic acids is 2. The molecular formula is C22H18N2O4S. The third-order valence-corrected chi connectivity index (χ3v) is 5.73. The lowest BCUT2D eigenvalue weighted by Crippen LogP contribution is -2.27. The summed E-state index contributed by atoms with van der Waals surface area (Å²) in [6.45, 7) is 2.62. The van der Waals surface area contributed by atoms with Crippen LogP contribution in [-0.2, 0) is 11.3 Å². The maximum Gasteiger partial charge on any atom is 0.335 e. The molecule has 6 nitrogen and oxygen atoms in total. The highest BCUT2D eigenvalue weighted by Crippen LogP contribution is 2.34. The number of likely N-dealkylation sites (N-methyl/N-ethyl adjacent to an activating group) is 1. The van der Waals surface area contributed by atoms with Gasteiger partial charge in [0.15, 0.2) is 0 Å². The van der Waals surface area contributed by atoms with Crippen LogP contribution in [0.3, 0.4) is 0 Å². The molecule has 4 rings (SSSR count). The first-order valence-corrected chi connectivity index (χ1v) is 9.95. The smallest absolute Gasteiger partial charge is 0.335 e. The predicted octanol–water partition coefficient (Wildman–Crippen LogP) is 4.44. The summed E-state index contributed by atoms with van der Waals surface area (Å²) in [5.41, 5.74) is 2.92. The molecule has 0 atom stereocenters. The van der Waals surface area contributed by atoms with E-state index in [4.69, 9.17) is 0 Å². The third-order valence-electron chi connectivity index (χ3n) is 4.82. The quantitative estimate of drug-likeness (QED) is 0.634. The molecule has 0 radical (unpaired) electrons. The van der Waals surface area contributed by atoms with Crippen LogP contribution in [0, 0.1) is 0 Å². The molecule has 1 aliphatic rings. The number of para-hydroxylation sites is 1. The summed E-state index contributed by atoms with van der Waals surface area (Å²) < 4.78 is 2.02. The predicted molar refractivity (Wildman–Crippen MR) is 113 cm³/mol. The van der Waals surface area contributed by atoms with Gasteiger partial charge >= 0.3 is 5.97 Å². The second-order valence-electron chi connectivity index (χ2n) is 6.66. The van der Waals surface area contributed by atoms with E-state index in [9.17, 15) is 19.5 Å². The number of carbonyl (C=O) groups is 3. The molecule has 146 valence electrons. The number of hydrogen-bond donors (Lipinski definition) is 1. The van der Waals surface area contributed by atoms with E-state index in [1.807, 2.05) is 41.1 Å². The average molecular weight is 406 g/mol. The highest BCUT2D eigenvalue weighted by molar-refractivity contribution is 8.18. The van der Waals surface area contributed by atoms with Crippen molar-refractivity contribution in [3.05, 3.63) is 76.3 Å². The van der Waals surface area contributed by atoms with Gasteiger partial charge in [-0.25, -0.2) is 4.79 Å². The number of carboxylic acids is 1. The van der Waals surface area contributed by atoms with Crippen molar-refractivity contribution in [2.45, 2.75) is 13.5 Å². The Hall–Kier alpha value is -3.32. The summed E-state index contributed by atoms with van der Waals surface area (Å²) in [5, 5.41) is 9.93. The number of imide groups is 1. The zero-order chi connectivity index (χ0) is 20.5. The zero-order valence-electron chi connectivity index (χ0n) is 15.7. The Bertz CT molecular complexity index is 1180. The molecule has 2 amide bonds. The minimum atomic E-state index is -0.962. The van der Waals surface area contributed by atoms with Crippen molar-refractivity contribution < 1.29 is 19.5 Å². The standard InChI is InChI=1S/C22H18N2O4S/c1-2-24-20(25)19(29-22(24)28)11-16-13-23(18-9-4-3-8-17(16)18)12-14-6-5-7-15(10-14)21(26)27/h3-11,13H,2,12H2,1H3,(H,26,27)/b19-11+. The first kappa shape index (κ1) is 19.0. The van der Waals surface area contributed by atoms with E-state index in [-0.39, 0.29) is 16.7 Å². The number of rotatable bonds is 5. The van der Waals surface area contributed by atoms with Crippen molar-refractivity contribution in [2.75, 3.05) is 6.54 Å². The Kier molecular flexibility index (Phi) is 4.98. The molecule has 1 fully saturated rings. The third kappa shape index (κ3) is 3.56. The van der Waals surface area contributed by atoms with Crippen molar-refractivity contribution in [2.24, 2.45) is 0 Å². The molecule has 0 unspecified atom stereocenters. The number of amides is 2. The van der Waals surface area contributed by atoms with E-state index in [0.717, 1.165) is 33.8 Å². The van der Waals surface area contributed by atoms with Gasteiger partial charge in [-0.15, -0.1) is 0 Å². The SMILES string of the molecule is CCN1C(=O)S/C(=C/c2cn(Cc3cccc(C(=O)O)c3)c3ccccc23)C1=O. The van der Waals surface area contributed by atoms with Crippen LogP contribution in [0.15, 0.2) is 59.6 Å². The fraction of sp³-hybridized carbons (Fsp3) is 0.136. The van der Waals surface area contributed by atoms with Crippen molar-refractivity contribution in [1.29, 1.82) is 0 Å². The lowest BCUT2D eigenvalue weighted by atomic mass is 10.1. The van der Waals surface area contributed by atoms with Crippen LogP contribution in [0.2, 0.25) is 0 Å². The molecule has 3 aromatic rings. The van der Waals surface area contributed by atoms with E-state index < -0.39 is 5.97 Å². The molecule has 1 aliphatic heterocycles. The lowest BCUT2D eigenvalue weighted by Gasteiger charge is -2.06. The molecule has 0 aliphatic carbocycles. The molecule has 0 spiro atoms. The molecule has 29 heavy (non-hydrogen) atoms. The van der Waals surface area contributed by atoms with E-state index >= 15 is 0 Å². The van der Waals surface area contributed by atoms with Gasteiger partial charge < -0.3 is 9.67 Å². The highest BCUT2D eigenvalue weighted by atomic mass is 32.2. The Labute approximate surface area is 171 Å². The number of benzene rings is 2. The minimum Gasteiger partial charge on any atom is -0.478 e. The molecule has 2 heterocycles. The van der Waals surface area contributed by atoms with Gasteiger partial charge in [0.1, 0.15) is 0 Å². The van der Waals surface area contributed by atoms with Gasteiger partial charge in [0, 0.05) is 35.8 Å². The molecule has 0 saturated carbocycles. The summed E-state index contributed by atoms with van der Waals surface area (Å²) >= 11 is 0.952. The number of aromatic nitrogens is 1. The first-order valence-electron chi connectivity index (χ1n) is 9.13. The molecule has 0 bridgehead atoms. The van der Waals surface area contributed by atoms with Gasteiger partial charge in [0.25, 0.3) is 11.1 Å². The van der Waals surface area contributed by atoms with Crippen LogP contribution >= 0.6 is 11.8 Å². The fourth-order valence-electron chi connectivity index (χ4n) is 3.43. The highest BCUT2D eigenvalue weighted by Gasteiger charge is 2.33. The van der Waals surface area contributed by atoms with Gasteiger partial charge in [0.05, 0.1) is 10.5 Å². The average Bonchev–Trinajstić information content (AvgIpc) is 3.19. The Morgan fingerprint density at radius 1 is 1.14 bits per heavy atom. The Morgan fingerprint density at radius 2 is 1.93 bits per heavy atom. The summed E-state index contributed by atoms with van der Waals surface area (Å²) in [4.78, 5) is 37.3. The van der Waals surface area contributed by atoms with E-state index in [1.54, 1.807) is 31.2 Å². The first-order chi connectivity index (χ1) is 14.0. The second-order valence-corrected chi connectivity index (χ2v) is 7.65. The maximum atomic E-state index is 12.4. The summed E-state index contributed by atoms with van der Waals surface area (Å²) in [5.74, 6) is -1.23. The Balaban J connectivity index is 1.74. The lowest BCUT2D eigenvalue weighted by molar-refractivity contribution is -0.122. The normalized spacial score (nSPS) is 15.6. The monoisotopic (exact) mass is 406 g/mol. The van der Waals surface area contributed by atoms with Gasteiger partial charge in [-0.1, -0.05) is 30.3 Å². The van der Waals surface area contributed by atoms with Gasteiger partial charge in [-0.3, -0.25) is 14.5 Å². The van der Waals surface area contributed by atoms with Crippen LogP contribution in [0.1, 0.15) is 28.4 Å². The molecule has 7 heteroatoms. The minimum absolute atomic E-state index is 0.243. The van der Waals surface area contributed by atoms with Crippen molar-refractivity contribution in [3.8, 4) is 0 Å². The second kappa shape index (κ2) is 7.60. The maximum absolute atomic E-state index is 12.4. The van der Waals surface area contributed by atoms with Crippen LogP contribution in [0.5, 0.6) is 0 Å². The molecule has 1 N–H and O–H groups in total. The molecule has 1 aromatic heterocycles. The van der Waals surface area contributed by atoms with Crippen LogP contribution in [0.25, 0.3) is 17.0 Å². The number of fused-ring (bicyclic) bond motifs is 1. The van der Waals surface area contributed by atoms with E-state index in [2.05, 4.69) is 0 Å². The summed E-state index contributed by atoms with van der Waals surface area (Å²) in [6.07, 6.45) is 3.69. The van der Waals surface area contributed by atoms with Crippen LogP contribution < -0.4 is 0 Å². The largest absolute Gasteiger partial charge is 0.478 e. The van der Waals surface area contributed by atoms with Crippen molar-refractivity contribution >= 4 is 45.9 Å². The Morgan fingerprint density at radius 3 is 2.66 bits per heavy atom. The number of nitrogens with zero attached hydrogens (tertiary/aromatic N) is 2. The van der Waals surface area contributed by atoms with Gasteiger partial charge in [0.2, 0.25) is 0 Å². The number of carboxylic acid groups (broad SMARTS) is 1. The van der Waals surface area contributed by atoms with Gasteiger partial charge in [-0.05, 0) is 48.5 Å². The summed E-state index contributed by atoms with van der Waals surface area (Å²) in [6, 6.07) is 14.6.